The zero-order chi connectivity index (χ0) is 14.5. The van der Waals surface area contributed by atoms with E-state index in [1.165, 1.54) is 12.1 Å². The predicted octanol–water partition coefficient (Wildman–Crippen LogP) is 3.39. The third kappa shape index (κ3) is 2.93. The molecule has 0 radical (unpaired) electrons. The summed E-state index contributed by atoms with van der Waals surface area (Å²) in [6.07, 6.45) is 0. The van der Waals surface area contributed by atoms with Crippen molar-refractivity contribution < 1.29 is 4.92 Å². The van der Waals surface area contributed by atoms with E-state index in [4.69, 9.17) is 5.26 Å². The molecule has 5 nitrogen and oxygen atoms in total. The fourth-order valence-electron chi connectivity index (χ4n) is 1.90. The van der Waals surface area contributed by atoms with Crippen LogP contribution < -0.4 is 5.32 Å². The van der Waals surface area contributed by atoms with Gasteiger partial charge in [0.25, 0.3) is 5.69 Å². The minimum absolute atomic E-state index is 0.0713. The number of nitrogens with one attached hydrogen (secondary N) is 1. The lowest BCUT2D eigenvalue weighted by Gasteiger charge is -2.09. The van der Waals surface area contributed by atoms with E-state index < -0.39 is 4.92 Å². The third-order valence-corrected chi connectivity index (χ3v) is 3.01. The number of hydrogen-bond acceptors (Lipinski definition) is 4. The van der Waals surface area contributed by atoms with E-state index in [1.807, 2.05) is 25.1 Å². The second-order valence-corrected chi connectivity index (χ2v) is 4.39. The fraction of sp³-hybridized carbons (Fsp3) is 0.133. The van der Waals surface area contributed by atoms with Gasteiger partial charge in [-0.15, -0.1) is 0 Å². The Kier molecular flexibility index (Phi) is 3.96. The second-order valence-electron chi connectivity index (χ2n) is 4.39. The van der Waals surface area contributed by atoms with Crippen molar-refractivity contribution in [2.75, 3.05) is 5.32 Å². The molecule has 0 saturated carbocycles. The number of nitro benzene ring substituents is 1. The van der Waals surface area contributed by atoms with Crippen molar-refractivity contribution >= 4 is 11.4 Å². The Morgan fingerprint density at radius 3 is 2.55 bits per heavy atom. The Bertz CT molecular complexity index is 673. The third-order valence-electron chi connectivity index (χ3n) is 3.01. The normalized spacial score (nSPS) is 9.80. The Morgan fingerprint density at radius 2 is 1.95 bits per heavy atom. The summed E-state index contributed by atoms with van der Waals surface area (Å²) in [5, 5.41) is 22.9. The van der Waals surface area contributed by atoms with Gasteiger partial charge in [-0.3, -0.25) is 10.1 Å². The molecule has 2 aromatic rings. The maximum atomic E-state index is 10.6. The molecule has 0 saturated heterocycles. The molecule has 2 aromatic carbocycles. The first-order valence-corrected chi connectivity index (χ1v) is 6.08. The fourth-order valence-corrected chi connectivity index (χ4v) is 1.90. The van der Waals surface area contributed by atoms with Crippen LogP contribution in [0.15, 0.2) is 42.5 Å². The summed E-state index contributed by atoms with van der Waals surface area (Å²) >= 11 is 0. The minimum Gasteiger partial charge on any atom is -0.380 e. The van der Waals surface area contributed by atoms with Crippen molar-refractivity contribution in [1.29, 1.82) is 5.26 Å². The van der Waals surface area contributed by atoms with Crippen LogP contribution in [0.2, 0.25) is 0 Å². The van der Waals surface area contributed by atoms with Crippen molar-refractivity contribution in [3.05, 3.63) is 69.3 Å². The molecule has 20 heavy (non-hydrogen) atoms. The van der Waals surface area contributed by atoms with Crippen molar-refractivity contribution in [1.82, 2.24) is 0 Å². The number of nitrogens with zero attached hydrogens (tertiary/aromatic N) is 2. The van der Waals surface area contributed by atoms with Crippen LogP contribution in [0.5, 0.6) is 0 Å². The Balaban J connectivity index is 2.11. The van der Waals surface area contributed by atoms with Gasteiger partial charge in [0.1, 0.15) is 6.07 Å². The zero-order valence-corrected chi connectivity index (χ0v) is 11.0. The van der Waals surface area contributed by atoms with Gasteiger partial charge in [0.05, 0.1) is 16.2 Å². The number of hydrogen-bond donors (Lipinski definition) is 1. The topological polar surface area (TPSA) is 79.0 Å². The SMILES string of the molecule is Cc1cccc(NCc2ccc([N+](=O)[O-])cc2)c1C#N. The minimum atomic E-state index is -0.425. The molecule has 0 unspecified atom stereocenters. The van der Waals surface area contributed by atoms with Gasteiger partial charge in [-0.25, -0.2) is 0 Å². The van der Waals surface area contributed by atoms with Gasteiger partial charge in [-0.05, 0) is 24.1 Å². The van der Waals surface area contributed by atoms with Gasteiger partial charge in [-0.1, -0.05) is 24.3 Å². The molecule has 0 amide bonds. The van der Waals surface area contributed by atoms with E-state index in [9.17, 15) is 10.1 Å². The quantitative estimate of drug-likeness (QED) is 0.680. The van der Waals surface area contributed by atoms with Crippen LogP contribution in [0.4, 0.5) is 11.4 Å². The number of aryl methyl sites for hydroxylation is 1. The molecule has 0 spiro atoms. The highest BCUT2D eigenvalue weighted by atomic mass is 16.6. The van der Waals surface area contributed by atoms with Gasteiger partial charge >= 0.3 is 0 Å². The van der Waals surface area contributed by atoms with E-state index in [2.05, 4.69) is 11.4 Å². The molecule has 0 aliphatic rings. The summed E-state index contributed by atoms with van der Waals surface area (Å²) in [5.74, 6) is 0. The van der Waals surface area contributed by atoms with E-state index in [-0.39, 0.29) is 5.69 Å². The van der Waals surface area contributed by atoms with Gasteiger partial charge in [0.15, 0.2) is 0 Å². The van der Waals surface area contributed by atoms with Crippen molar-refractivity contribution in [2.45, 2.75) is 13.5 Å². The summed E-state index contributed by atoms with van der Waals surface area (Å²) < 4.78 is 0. The number of anilines is 1. The summed E-state index contributed by atoms with van der Waals surface area (Å²) in [4.78, 5) is 10.1. The standard InChI is InChI=1S/C15H13N3O2/c1-11-3-2-4-15(14(11)9-16)17-10-12-5-7-13(8-6-12)18(19)20/h2-8,17H,10H2,1H3. The first kappa shape index (κ1) is 13.6. The van der Waals surface area contributed by atoms with Gasteiger partial charge in [0, 0.05) is 18.7 Å². The Morgan fingerprint density at radius 1 is 1.25 bits per heavy atom. The van der Waals surface area contributed by atoms with E-state index >= 15 is 0 Å². The number of nitro groups is 1. The highest BCUT2D eigenvalue weighted by Crippen LogP contribution is 2.19. The van der Waals surface area contributed by atoms with E-state index in [0.717, 1.165) is 16.8 Å². The lowest BCUT2D eigenvalue weighted by Crippen LogP contribution is -2.02. The largest absolute Gasteiger partial charge is 0.380 e. The van der Waals surface area contributed by atoms with Crippen LogP contribution >= 0.6 is 0 Å². The van der Waals surface area contributed by atoms with Crippen LogP contribution in [0, 0.1) is 28.4 Å². The first-order valence-electron chi connectivity index (χ1n) is 6.08. The van der Waals surface area contributed by atoms with Crippen LogP contribution in [0.3, 0.4) is 0 Å². The summed E-state index contributed by atoms with van der Waals surface area (Å²) in [6.45, 7) is 2.39. The molecular formula is C15H13N3O2. The lowest BCUT2D eigenvalue weighted by atomic mass is 10.1. The second kappa shape index (κ2) is 5.85. The van der Waals surface area contributed by atoms with Gasteiger partial charge in [0.2, 0.25) is 0 Å². The number of rotatable bonds is 4. The molecule has 0 bridgehead atoms. The first-order chi connectivity index (χ1) is 9.61. The molecule has 0 atom stereocenters. The molecule has 0 aliphatic carbocycles. The van der Waals surface area contributed by atoms with Crippen LogP contribution in [-0.2, 0) is 6.54 Å². The van der Waals surface area contributed by atoms with Crippen molar-refractivity contribution in [3.63, 3.8) is 0 Å². The van der Waals surface area contributed by atoms with Crippen molar-refractivity contribution in [3.8, 4) is 6.07 Å². The van der Waals surface area contributed by atoms with Gasteiger partial charge in [-0.2, -0.15) is 5.26 Å². The molecule has 0 heterocycles. The maximum Gasteiger partial charge on any atom is 0.269 e. The lowest BCUT2D eigenvalue weighted by molar-refractivity contribution is -0.384. The predicted molar refractivity (Wildman–Crippen MR) is 76.3 cm³/mol. The molecule has 5 heteroatoms. The molecule has 0 aliphatic heterocycles. The summed E-state index contributed by atoms with van der Waals surface area (Å²) in [7, 11) is 0. The van der Waals surface area contributed by atoms with E-state index in [1.54, 1.807) is 12.1 Å². The van der Waals surface area contributed by atoms with E-state index in [0.29, 0.717) is 12.1 Å². The van der Waals surface area contributed by atoms with Crippen LogP contribution in [0.25, 0.3) is 0 Å². The summed E-state index contributed by atoms with van der Waals surface area (Å²) in [5.41, 5.74) is 3.30. The maximum absolute atomic E-state index is 10.6. The summed E-state index contributed by atoms with van der Waals surface area (Å²) in [6, 6.07) is 14.1. The number of non-ortho nitro benzene ring substituents is 1. The van der Waals surface area contributed by atoms with Crippen LogP contribution in [0.1, 0.15) is 16.7 Å². The van der Waals surface area contributed by atoms with Gasteiger partial charge < -0.3 is 5.32 Å². The van der Waals surface area contributed by atoms with Crippen molar-refractivity contribution in [2.24, 2.45) is 0 Å². The molecule has 2 rings (SSSR count). The van der Waals surface area contributed by atoms with Crippen LogP contribution in [-0.4, -0.2) is 4.92 Å². The zero-order valence-electron chi connectivity index (χ0n) is 11.0. The number of nitriles is 1. The smallest absolute Gasteiger partial charge is 0.269 e. The average molecular weight is 267 g/mol. The number of benzene rings is 2. The Hall–Kier alpha value is -2.87. The molecule has 1 N–H and O–H groups in total. The highest BCUT2D eigenvalue weighted by Gasteiger charge is 2.06. The molecular weight excluding hydrogens is 254 g/mol. The molecule has 100 valence electrons. The monoisotopic (exact) mass is 267 g/mol. The molecule has 0 fully saturated rings. The highest BCUT2D eigenvalue weighted by molar-refractivity contribution is 5.60. The average Bonchev–Trinajstić information content (AvgIpc) is 2.45. The molecule has 0 aromatic heterocycles. The Labute approximate surface area is 116 Å².